The highest BCUT2D eigenvalue weighted by Gasteiger charge is 2.47. The molecule has 15 aromatic carbocycles. The Morgan fingerprint density at radius 3 is 0.949 bits per heavy atom. The highest BCUT2D eigenvalue weighted by molar-refractivity contribution is 7.20. The van der Waals surface area contributed by atoms with E-state index in [0.29, 0.717) is 0 Å². The Labute approximate surface area is 568 Å². The number of aromatic nitrogens is 3. The van der Waals surface area contributed by atoms with Gasteiger partial charge in [0.2, 0.25) is 0 Å². The van der Waals surface area contributed by atoms with Crippen molar-refractivity contribution in [2.75, 3.05) is 0 Å². The second-order valence-corrected chi connectivity index (χ2v) is 31.4. The summed E-state index contributed by atoms with van der Waals surface area (Å²) in [4.78, 5) is 0. The number of para-hydroxylation sites is 4. The molecule has 3 nitrogen and oxygen atoms in total. The molecule has 24 rings (SSSR count). The van der Waals surface area contributed by atoms with Gasteiger partial charge in [-0.3, -0.25) is 0 Å². The Kier molecular flexibility index (Phi) is 11.3. The van der Waals surface area contributed by atoms with Crippen LogP contribution in [0.1, 0.15) is 90.4 Å². The van der Waals surface area contributed by atoms with Gasteiger partial charge in [0.25, 0.3) is 0 Å². The minimum Gasteiger partial charge on any atom is -0.309 e. The highest BCUT2D eigenvalue weighted by atomic mass is 28.3. The van der Waals surface area contributed by atoms with Crippen molar-refractivity contribution in [1.29, 1.82) is 0 Å². The van der Waals surface area contributed by atoms with E-state index in [0.717, 1.165) is 16.9 Å². The van der Waals surface area contributed by atoms with Gasteiger partial charge < -0.3 is 13.7 Å². The first-order chi connectivity index (χ1) is 48.7. The molecule has 0 aliphatic heterocycles. The van der Waals surface area contributed by atoms with Crippen LogP contribution in [0.2, 0.25) is 0 Å². The maximum absolute atomic E-state index is 2.95. The lowest BCUT2D eigenvalue weighted by atomic mass is 9.59. The summed E-state index contributed by atoms with van der Waals surface area (Å²) >= 11 is 0. The van der Waals surface area contributed by atoms with Gasteiger partial charge in [0, 0.05) is 73.1 Å². The molecule has 456 valence electrons. The number of benzene rings is 15. The number of nitrogens with zero attached hydrogens (tertiary/aromatic N) is 3. The summed E-state index contributed by atoms with van der Waals surface area (Å²) in [6.45, 7) is 0. The molecule has 0 spiro atoms. The molecule has 0 saturated carbocycles. The Morgan fingerprint density at radius 2 is 0.520 bits per heavy atom. The molecule has 98 heavy (non-hydrogen) atoms. The Balaban J connectivity index is 0.826. The van der Waals surface area contributed by atoms with Crippen molar-refractivity contribution in [2.45, 2.75) is 23.7 Å². The average Bonchev–Trinajstić information content (AvgIpc) is 1.29. The summed E-state index contributed by atoms with van der Waals surface area (Å²) in [5.41, 5.74) is 30.1. The van der Waals surface area contributed by atoms with Crippen LogP contribution in [0.5, 0.6) is 0 Å². The van der Waals surface area contributed by atoms with E-state index < -0.39 is 8.07 Å². The van der Waals surface area contributed by atoms with Crippen molar-refractivity contribution in [3.8, 4) is 28.2 Å². The number of rotatable bonds is 8. The monoisotopic (exact) mass is 1260 g/mol. The van der Waals surface area contributed by atoms with Gasteiger partial charge in [-0.05, 0) is 165 Å². The van der Waals surface area contributed by atoms with E-state index in [2.05, 4.69) is 359 Å². The minimum atomic E-state index is -2.95. The fraction of sp³-hybridized carbons (Fsp3) is 0.0426. The van der Waals surface area contributed by atoms with Gasteiger partial charge in [-0.25, -0.2) is 0 Å². The lowest BCUT2D eigenvalue weighted by Gasteiger charge is -2.43. The van der Waals surface area contributed by atoms with Gasteiger partial charge in [0.15, 0.2) is 8.07 Å². The van der Waals surface area contributed by atoms with E-state index in [4.69, 9.17) is 0 Å². The molecule has 2 unspecified atom stereocenters. The third-order valence-corrected chi connectivity index (χ3v) is 27.8. The predicted molar refractivity (Wildman–Crippen MR) is 408 cm³/mol. The predicted octanol–water partition coefficient (Wildman–Crippen LogP) is 20.0. The van der Waals surface area contributed by atoms with Crippen molar-refractivity contribution in [3.05, 3.63) is 413 Å². The van der Waals surface area contributed by atoms with Crippen molar-refractivity contribution in [3.63, 3.8) is 0 Å². The molecule has 0 N–H and O–H groups in total. The van der Waals surface area contributed by atoms with Crippen LogP contribution in [0, 0.1) is 0 Å². The van der Waals surface area contributed by atoms with Crippen LogP contribution in [0.25, 0.3) is 93.6 Å². The molecule has 4 bridgehead atoms. The zero-order chi connectivity index (χ0) is 63.9. The molecule has 4 heteroatoms. The van der Waals surface area contributed by atoms with Gasteiger partial charge >= 0.3 is 0 Å². The topological polar surface area (TPSA) is 14.8 Å². The van der Waals surface area contributed by atoms with E-state index in [-0.39, 0.29) is 23.7 Å². The zero-order valence-electron chi connectivity index (χ0n) is 53.6. The standard InChI is InChI=1S/C94H61N3Si/c1-5-27-60(28-6-1)95-79-45-22-19-42-73(79)89-82(95)51-49-77-86-69-38-15-18-41-72(69)91(93(77)89)94-78(86)50-53-84-90(94)75-44-21-24-47-81(75)97(84)62-55-59(58-26-25-35-66(56-58)98(63-29-7-2-8-30-63,64-31-9-3-10-32-64)65-33-11-4-12-34-65)54-61(57-62)96-80-46-23-20-43-74(80)88-83(96)52-48-76-85-67-36-13-16-39-70(67)87(92(76)88)71-40-17-14-37-68(71)85/h1-57,85-87,91H. The fourth-order valence-electron chi connectivity index (χ4n) is 19.5. The highest BCUT2D eigenvalue weighted by Crippen LogP contribution is 2.62. The first kappa shape index (κ1) is 54.2. The molecule has 0 saturated heterocycles. The largest absolute Gasteiger partial charge is 0.309 e. The van der Waals surface area contributed by atoms with E-state index >= 15 is 0 Å². The quantitative estimate of drug-likeness (QED) is 0.106. The molecule has 0 radical (unpaired) electrons. The van der Waals surface area contributed by atoms with Crippen LogP contribution in [-0.4, -0.2) is 21.8 Å². The molecule has 3 aromatic heterocycles. The van der Waals surface area contributed by atoms with Crippen molar-refractivity contribution in [1.82, 2.24) is 13.7 Å². The maximum atomic E-state index is 2.62. The molecule has 0 fully saturated rings. The van der Waals surface area contributed by atoms with E-state index in [1.807, 2.05) is 0 Å². The second kappa shape index (κ2) is 20.5. The Hall–Kier alpha value is -12.1. The van der Waals surface area contributed by atoms with Gasteiger partial charge in [-0.1, -0.05) is 279 Å². The van der Waals surface area contributed by atoms with Crippen LogP contribution >= 0.6 is 0 Å². The minimum absolute atomic E-state index is 0.0199. The lowest BCUT2D eigenvalue weighted by molar-refractivity contribution is 0.761. The van der Waals surface area contributed by atoms with Gasteiger partial charge in [0.05, 0.1) is 33.1 Å². The Morgan fingerprint density at radius 1 is 0.194 bits per heavy atom. The number of hydrogen-bond acceptors (Lipinski definition) is 0. The molecule has 18 aromatic rings. The average molecular weight is 1260 g/mol. The summed E-state index contributed by atoms with van der Waals surface area (Å²) in [7, 11) is -2.95. The molecular weight excluding hydrogens is 1200 g/mol. The number of fused-ring (bicyclic) bond motifs is 9. The molecule has 0 amide bonds. The Bertz CT molecular complexity index is 6250. The smallest absolute Gasteiger partial charge is 0.179 e. The lowest BCUT2D eigenvalue weighted by Crippen LogP contribution is -2.74. The summed E-state index contributed by atoms with van der Waals surface area (Å²) < 4.78 is 7.73. The van der Waals surface area contributed by atoms with Crippen molar-refractivity contribution < 1.29 is 0 Å². The SMILES string of the molecule is c1ccc(-n2c3ccccc3c3c4c(ccc32)C2c3ccccc3C4c3c2ccc2c3c3ccccc3n2-c2cc(-c3cccc([Si](c4ccccc4)(c4ccccc4)c4ccccc4)c3)cc(-n3c4ccccc4c4c5c(ccc43)C3c4ccccc4C5c4ccccc43)c2)cc1. The molecule has 3 heterocycles. The van der Waals surface area contributed by atoms with Crippen LogP contribution in [0.15, 0.2) is 346 Å². The van der Waals surface area contributed by atoms with Crippen LogP contribution in [0.3, 0.4) is 0 Å². The third-order valence-electron chi connectivity index (χ3n) is 23.1. The molecule has 6 aliphatic rings. The summed E-state index contributed by atoms with van der Waals surface area (Å²) in [6, 6.07) is 133. The molecule has 6 aliphatic carbocycles. The van der Waals surface area contributed by atoms with Gasteiger partial charge in [0.1, 0.15) is 0 Å². The van der Waals surface area contributed by atoms with Crippen LogP contribution < -0.4 is 20.7 Å². The number of hydrogen-bond donors (Lipinski definition) is 0. The first-order valence-electron chi connectivity index (χ1n) is 34.6. The van der Waals surface area contributed by atoms with E-state index in [9.17, 15) is 0 Å². The van der Waals surface area contributed by atoms with Gasteiger partial charge in [-0.15, -0.1) is 0 Å². The summed E-state index contributed by atoms with van der Waals surface area (Å²) in [5.74, 6) is 0.311. The van der Waals surface area contributed by atoms with Crippen molar-refractivity contribution >= 4 is 94.2 Å². The van der Waals surface area contributed by atoms with Gasteiger partial charge in [-0.2, -0.15) is 0 Å². The second-order valence-electron chi connectivity index (χ2n) is 27.6. The van der Waals surface area contributed by atoms with Crippen LogP contribution in [0.4, 0.5) is 0 Å². The maximum Gasteiger partial charge on any atom is 0.179 e. The summed E-state index contributed by atoms with van der Waals surface area (Å²) in [5, 5.41) is 13.3. The fourth-order valence-corrected chi connectivity index (χ4v) is 24.3. The summed E-state index contributed by atoms with van der Waals surface area (Å²) in [6.07, 6.45) is 0. The van der Waals surface area contributed by atoms with Crippen molar-refractivity contribution in [2.24, 2.45) is 0 Å². The third kappa shape index (κ3) is 7.21. The van der Waals surface area contributed by atoms with E-state index in [1.54, 1.807) is 0 Å². The zero-order valence-corrected chi connectivity index (χ0v) is 54.6. The van der Waals surface area contributed by atoms with E-state index in [1.165, 1.54) is 164 Å². The molecular formula is C94H61N3Si. The molecule has 2 atom stereocenters. The van der Waals surface area contributed by atoms with Crippen LogP contribution in [-0.2, 0) is 0 Å². The normalized spacial score (nSPS) is 16.2. The first-order valence-corrected chi connectivity index (χ1v) is 36.6.